The van der Waals surface area contributed by atoms with Crippen LogP contribution >= 0.6 is 11.6 Å². The maximum atomic E-state index is 12.6. The second-order valence-corrected chi connectivity index (χ2v) is 7.70. The maximum Gasteiger partial charge on any atom is 0.266 e. The second-order valence-electron chi connectivity index (χ2n) is 7.27. The summed E-state index contributed by atoms with van der Waals surface area (Å²) in [5, 5.41) is 13.0. The molecule has 0 radical (unpaired) electrons. The molecule has 32 heavy (non-hydrogen) atoms. The number of halogens is 1. The number of benzene rings is 3. The fourth-order valence-electron chi connectivity index (χ4n) is 3.09. The molecule has 162 valence electrons. The van der Waals surface area contributed by atoms with E-state index in [2.05, 4.69) is 5.32 Å². The number of amides is 1. The Morgan fingerprint density at radius 3 is 2.47 bits per heavy atom. The fourth-order valence-corrected chi connectivity index (χ4v) is 3.22. The van der Waals surface area contributed by atoms with Gasteiger partial charge >= 0.3 is 0 Å². The third kappa shape index (κ3) is 5.90. The average Bonchev–Trinajstić information content (AvgIpc) is 2.79. The number of rotatable bonds is 7. The van der Waals surface area contributed by atoms with Crippen LogP contribution < -0.4 is 14.8 Å². The summed E-state index contributed by atoms with van der Waals surface area (Å²) in [6.07, 6.45) is 1.52. The van der Waals surface area contributed by atoms with Gasteiger partial charge in [-0.05, 0) is 66.9 Å². The highest BCUT2D eigenvalue weighted by Gasteiger charge is 2.12. The van der Waals surface area contributed by atoms with Crippen molar-refractivity contribution < 1.29 is 14.3 Å². The summed E-state index contributed by atoms with van der Waals surface area (Å²) < 4.78 is 11.3. The van der Waals surface area contributed by atoms with Crippen LogP contribution in [0.25, 0.3) is 6.08 Å². The zero-order valence-corrected chi connectivity index (χ0v) is 18.9. The molecule has 3 aromatic carbocycles. The molecule has 0 aliphatic heterocycles. The molecule has 0 fully saturated rings. The van der Waals surface area contributed by atoms with Crippen molar-refractivity contribution in [1.29, 1.82) is 5.26 Å². The van der Waals surface area contributed by atoms with Crippen LogP contribution in [-0.4, -0.2) is 13.0 Å². The fraction of sp³-hybridized carbons (Fsp3) is 0.154. The molecule has 0 aliphatic carbocycles. The Labute approximate surface area is 192 Å². The highest BCUT2D eigenvalue weighted by atomic mass is 35.5. The first-order valence-electron chi connectivity index (χ1n) is 9.95. The van der Waals surface area contributed by atoms with Gasteiger partial charge in [-0.15, -0.1) is 0 Å². The Hall–Kier alpha value is -3.75. The SMILES string of the molecule is COc1cc(/C=C(\C#N)C(=O)Nc2ccc(C)cc2C)ccc1OCc1ccc(Cl)cc1. The first-order chi connectivity index (χ1) is 15.4. The summed E-state index contributed by atoms with van der Waals surface area (Å²) in [6.45, 7) is 4.24. The molecule has 0 saturated carbocycles. The molecule has 0 aromatic heterocycles. The predicted molar refractivity (Wildman–Crippen MR) is 127 cm³/mol. The number of nitriles is 1. The number of nitrogens with one attached hydrogen (secondary N) is 1. The Kier molecular flexibility index (Phi) is 7.54. The van der Waals surface area contributed by atoms with Gasteiger partial charge in [-0.1, -0.05) is 47.5 Å². The van der Waals surface area contributed by atoms with Gasteiger partial charge in [0.25, 0.3) is 5.91 Å². The molecule has 3 rings (SSSR count). The van der Waals surface area contributed by atoms with Gasteiger partial charge in [0, 0.05) is 10.7 Å². The summed E-state index contributed by atoms with van der Waals surface area (Å²) in [5.74, 6) is 0.583. The quantitative estimate of drug-likeness (QED) is 0.352. The molecular formula is C26H23ClN2O3. The van der Waals surface area contributed by atoms with Crippen LogP contribution in [0.3, 0.4) is 0 Å². The van der Waals surface area contributed by atoms with Crippen LogP contribution in [0, 0.1) is 25.2 Å². The van der Waals surface area contributed by atoms with E-state index in [0.29, 0.717) is 34.4 Å². The first-order valence-corrected chi connectivity index (χ1v) is 10.3. The van der Waals surface area contributed by atoms with Crippen molar-refractivity contribution in [2.45, 2.75) is 20.5 Å². The molecule has 6 heteroatoms. The maximum absolute atomic E-state index is 12.6. The van der Waals surface area contributed by atoms with E-state index in [9.17, 15) is 10.1 Å². The van der Waals surface area contributed by atoms with Gasteiger partial charge in [0.15, 0.2) is 11.5 Å². The number of nitrogens with zero attached hydrogens (tertiary/aromatic N) is 1. The van der Waals surface area contributed by atoms with E-state index in [0.717, 1.165) is 16.7 Å². The van der Waals surface area contributed by atoms with E-state index in [-0.39, 0.29) is 5.57 Å². The van der Waals surface area contributed by atoms with Crippen LogP contribution in [0.5, 0.6) is 11.5 Å². The molecule has 0 aliphatic rings. The number of hydrogen-bond donors (Lipinski definition) is 1. The first kappa shape index (κ1) is 22.9. The zero-order chi connectivity index (χ0) is 23.1. The Morgan fingerprint density at radius 2 is 1.81 bits per heavy atom. The van der Waals surface area contributed by atoms with Gasteiger partial charge in [-0.3, -0.25) is 4.79 Å². The summed E-state index contributed by atoms with van der Waals surface area (Å²) in [5.41, 5.74) is 4.30. The average molecular weight is 447 g/mol. The Morgan fingerprint density at radius 1 is 1.06 bits per heavy atom. The van der Waals surface area contributed by atoms with E-state index < -0.39 is 5.91 Å². The number of methoxy groups -OCH3 is 1. The molecule has 0 spiro atoms. The number of carbonyl (C=O) groups is 1. The molecule has 5 nitrogen and oxygen atoms in total. The normalized spacial score (nSPS) is 10.9. The lowest BCUT2D eigenvalue weighted by Crippen LogP contribution is -2.14. The van der Waals surface area contributed by atoms with Gasteiger partial charge in [0.05, 0.1) is 7.11 Å². The minimum Gasteiger partial charge on any atom is -0.493 e. The Bertz CT molecular complexity index is 1190. The third-order valence-electron chi connectivity index (χ3n) is 4.80. The minimum atomic E-state index is -0.471. The van der Waals surface area contributed by atoms with Gasteiger partial charge in [-0.2, -0.15) is 5.26 Å². The number of carbonyl (C=O) groups excluding carboxylic acids is 1. The predicted octanol–water partition coefficient (Wildman–Crippen LogP) is 6.09. The van der Waals surface area contributed by atoms with Crippen LogP contribution in [0.15, 0.2) is 66.2 Å². The number of hydrogen-bond acceptors (Lipinski definition) is 4. The second kappa shape index (κ2) is 10.5. The van der Waals surface area contributed by atoms with Crippen molar-refractivity contribution in [2.24, 2.45) is 0 Å². The molecule has 0 atom stereocenters. The number of ether oxygens (including phenoxy) is 2. The topological polar surface area (TPSA) is 71.3 Å². The number of aryl methyl sites for hydroxylation is 2. The van der Waals surface area contributed by atoms with Crippen LogP contribution in [0.4, 0.5) is 5.69 Å². The molecule has 3 aromatic rings. The molecule has 0 bridgehead atoms. The van der Waals surface area contributed by atoms with E-state index in [1.807, 2.05) is 50.2 Å². The lowest BCUT2D eigenvalue weighted by atomic mass is 10.1. The van der Waals surface area contributed by atoms with E-state index in [4.69, 9.17) is 21.1 Å². The molecule has 0 heterocycles. The van der Waals surface area contributed by atoms with Gasteiger partial charge < -0.3 is 14.8 Å². The summed E-state index contributed by atoms with van der Waals surface area (Å²) >= 11 is 5.91. The summed E-state index contributed by atoms with van der Waals surface area (Å²) in [6, 6.07) is 20.3. The largest absolute Gasteiger partial charge is 0.493 e. The smallest absolute Gasteiger partial charge is 0.266 e. The lowest BCUT2D eigenvalue weighted by molar-refractivity contribution is -0.112. The Balaban J connectivity index is 1.76. The van der Waals surface area contributed by atoms with E-state index >= 15 is 0 Å². The van der Waals surface area contributed by atoms with Gasteiger partial charge in [-0.25, -0.2) is 0 Å². The van der Waals surface area contributed by atoms with E-state index in [1.165, 1.54) is 13.2 Å². The number of anilines is 1. The monoisotopic (exact) mass is 446 g/mol. The van der Waals surface area contributed by atoms with Gasteiger partial charge in [0.2, 0.25) is 0 Å². The van der Waals surface area contributed by atoms with E-state index in [1.54, 1.807) is 30.3 Å². The molecule has 0 unspecified atom stereocenters. The van der Waals surface area contributed by atoms with Crippen LogP contribution in [-0.2, 0) is 11.4 Å². The van der Waals surface area contributed by atoms with Gasteiger partial charge in [0.1, 0.15) is 18.2 Å². The van der Waals surface area contributed by atoms with Crippen molar-refractivity contribution in [1.82, 2.24) is 0 Å². The van der Waals surface area contributed by atoms with Crippen molar-refractivity contribution in [3.05, 3.63) is 93.5 Å². The highest BCUT2D eigenvalue weighted by Crippen LogP contribution is 2.30. The third-order valence-corrected chi connectivity index (χ3v) is 5.05. The van der Waals surface area contributed by atoms with Crippen molar-refractivity contribution in [3.63, 3.8) is 0 Å². The van der Waals surface area contributed by atoms with Crippen LogP contribution in [0.1, 0.15) is 22.3 Å². The molecule has 1 N–H and O–H groups in total. The minimum absolute atomic E-state index is 0.0122. The lowest BCUT2D eigenvalue weighted by Gasteiger charge is -2.12. The van der Waals surface area contributed by atoms with Crippen molar-refractivity contribution in [2.75, 3.05) is 12.4 Å². The highest BCUT2D eigenvalue weighted by molar-refractivity contribution is 6.30. The standard InChI is InChI=1S/C26H23ClN2O3/c1-17-4-10-23(18(2)12-17)29-26(30)21(15-28)13-20-7-11-24(25(14-20)31-3)32-16-19-5-8-22(27)9-6-19/h4-14H,16H2,1-3H3,(H,29,30)/b21-13+. The summed E-state index contributed by atoms with van der Waals surface area (Å²) in [4.78, 5) is 12.6. The zero-order valence-electron chi connectivity index (χ0n) is 18.1. The molecule has 1 amide bonds. The van der Waals surface area contributed by atoms with Crippen molar-refractivity contribution in [3.8, 4) is 17.6 Å². The van der Waals surface area contributed by atoms with Crippen LogP contribution in [0.2, 0.25) is 5.02 Å². The summed E-state index contributed by atoms with van der Waals surface area (Å²) in [7, 11) is 1.54. The molecular weight excluding hydrogens is 424 g/mol. The molecule has 0 saturated heterocycles. The van der Waals surface area contributed by atoms with Crippen molar-refractivity contribution >= 4 is 29.3 Å².